The Morgan fingerprint density at radius 2 is 1.39 bits per heavy atom. The van der Waals surface area contributed by atoms with Crippen LogP contribution in [0.1, 0.15) is 21.5 Å². The van der Waals surface area contributed by atoms with Gasteiger partial charge >= 0.3 is 17.8 Å². The molecule has 0 saturated heterocycles. The van der Waals surface area contributed by atoms with Crippen LogP contribution in [0, 0.1) is 0 Å². The van der Waals surface area contributed by atoms with E-state index in [1.165, 1.54) is 24.4 Å². The molecule has 0 saturated carbocycles. The molecular weight excluding hydrogens is 588 g/mol. The minimum atomic E-state index is -1.03. The summed E-state index contributed by atoms with van der Waals surface area (Å²) in [6, 6.07) is 29.1. The SMILES string of the molecule is O=C(C=Cc1ccccc1)Oc1ccc(C=NNC(=O)C(=O)Nc2ccccc2C(=O)Nc2ccc(Br)cc2)cc1. The Hall–Kier alpha value is -5.35. The van der Waals surface area contributed by atoms with Crippen LogP contribution in [0.5, 0.6) is 5.75 Å². The van der Waals surface area contributed by atoms with E-state index in [9.17, 15) is 19.2 Å². The lowest BCUT2D eigenvalue weighted by Crippen LogP contribution is -2.33. The molecule has 0 bridgehead atoms. The van der Waals surface area contributed by atoms with Crippen molar-refractivity contribution in [3.63, 3.8) is 0 Å². The summed E-state index contributed by atoms with van der Waals surface area (Å²) in [6.07, 6.45) is 4.31. The summed E-state index contributed by atoms with van der Waals surface area (Å²) in [6.45, 7) is 0. The van der Waals surface area contributed by atoms with Gasteiger partial charge in [0, 0.05) is 16.2 Å². The summed E-state index contributed by atoms with van der Waals surface area (Å²) in [5.41, 5.74) is 4.51. The second-order valence-corrected chi connectivity index (χ2v) is 9.31. The zero-order chi connectivity index (χ0) is 29.0. The topological polar surface area (TPSA) is 126 Å². The molecule has 0 atom stereocenters. The second kappa shape index (κ2) is 14.2. The number of hydrazone groups is 1. The first-order valence-electron chi connectivity index (χ1n) is 12.2. The molecule has 4 aromatic rings. The number of para-hydroxylation sites is 1. The van der Waals surface area contributed by atoms with Crippen molar-refractivity contribution >= 4 is 63.3 Å². The van der Waals surface area contributed by atoms with Gasteiger partial charge in [0.25, 0.3) is 5.91 Å². The summed E-state index contributed by atoms with van der Waals surface area (Å²) in [5.74, 6) is -2.68. The van der Waals surface area contributed by atoms with Gasteiger partial charge in [-0.1, -0.05) is 58.4 Å². The summed E-state index contributed by atoms with van der Waals surface area (Å²) < 4.78 is 6.13. The van der Waals surface area contributed by atoms with E-state index in [2.05, 4.69) is 37.1 Å². The summed E-state index contributed by atoms with van der Waals surface area (Å²) >= 11 is 3.34. The highest BCUT2D eigenvalue weighted by Gasteiger charge is 2.17. The average Bonchev–Trinajstić information content (AvgIpc) is 2.99. The standard InChI is InChI=1S/C31H23BrN4O5/c32-23-13-15-24(16-14-23)34-29(38)26-8-4-5-9-27(26)35-30(39)31(40)36-33-20-22-10-17-25(18-11-22)41-28(37)19-12-21-6-2-1-3-7-21/h1-20H,(H,34,38)(H,35,39)(H,36,40). The highest BCUT2D eigenvalue weighted by atomic mass is 79.9. The Bertz CT molecular complexity index is 1600. The van der Waals surface area contributed by atoms with Crippen molar-refractivity contribution < 1.29 is 23.9 Å². The van der Waals surface area contributed by atoms with E-state index < -0.39 is 23.7 Å². The van der Waals surface area contributed by atoms with E-state index in [1.54, 1.807) is 66.7 Å². The van der Waals surface area contributed by atoms with Gasteiger partial charge in [0.2, 0.25) is 0 Å². The number of rotatable bonds is 8. The maximum absolute atomic E-state index is 12.7. The van der Waals surface area contributed by atoms with E-state index in [1.807, 2.05) is 30.3 Å². The van der Waals surface area contributed by atoms with Crippen LogP contribution in [-0.2, 0) is 14.4 Å². The van der Waals surface area contributed by atoms with Gasteiger partial charge in [-0.25, -0.2) is 10.2 Å². The van der Waals surface area contributed by atoms with Crippen molar-refractivity contribution in [2.75, 3.05) is 10.6 Å². The van der Waals surface area contributed by atoms with Gasteiger partial charge in [-0.2, -0.15) is 5.10 Å². The fourth-order valence-corrected chi connectivity index (χ4v) is 3.68. The minimum Gasteiger partial charge on any atom is -0.423 e. The van der Waals surface area contributed by atoms with E-state index in [-0.39, 0.29) is 11.3 Å². The average molecular weight is 611 g/mol. The molecule has 9 nitrogen and oxygen atoms in total. The van der Waals surface area contributed by atoms with Crippen LogP contribution in [0.25, 0.3) is 6.08 Å². The van der Waals surface area contributed by atoms with Crippen molar-refractivity contribution in [2.24, 2.45) is 5.10 Å². The highest BCUT2D eigenvalue weighted by Crippen LogP contribution is 2.19. The first kappa shape index (κ1) is 28.7. The zero-order valence-corrected chi connectivity index (χ0v) is 23.0. The number of halogens is 1. The molecule has 204 valence electrons. The number of nitrogens with one attached hydrogen (secondary N) is 3. The van der Waals surface area contributed by atoms with Gasteiger partial charge < -0.3 is 15.4 Å². The largest absolute Gasteiger partial charge is 0.423 e. The van der Waals surface area contributed by atoms with Gasteiger partial charge in [0.1, 0.15) is 5.75 Å². The van der Waals surface area contributed by atoms with Crippen molar-refractivity contribution in [1.29, 1.82) is 0 Å². The Labute approximate surface area is 244 Å². The molecule has 0 spiro atoms. The molecule has 4 aromatic carbocycles. The van der Waals surface area contributed by atoms with Crippen LogP contribution in [0.4, 0.5) is 11.4 Å². The number of nitrogens with zero attached hydrogens (tertiary/aromatic N) is 1. The van der Waals surface area contributed by atoms with Crippen LogP contribution >= 0.6 is 15.9 Å². The number of carbonyl (C=O) groups is 4. The molecule has 0 aromatic heterocycles. The Morgan fingerprint density at radius 1 is 0.707 bits per heavy atom. The number of carbonyl (C=O) groups excluding carboxylic acids is 4. The Balaban J connectivity index is 1.28. The zero-order valence-electron chi connectivity index (χ0n) is 21.4. The van der Waals surface area contributed by atoms with E-state index in [0.717, 1.165) is 10.0 Å². The number of benzene rings is 4. The van der Waals surface area contributed by atoms with E-state index >= 15 is 0 Å². The van der Waals surface area contributed by atoms with Crippen LogP contribution in [0.3, 0.4) is 0 Å². The Kier molecular flexibility index (Phi) is 9.89. The highest BCUT2D eigenvalue weighted by molar-refractivity contribution is 9.10. The maximum atomic E-state index is 12.7. The molecule has 0 radical (unpaired) electrons. The molecule has 0 fully saturated rings. The van der Waals surface area contributed by atoms with E-state index in [0.29, 0.717) is 17.0 Å². The van der Waals surface area contributed by atoms with Gasteiger partial charge in [0.15, 0.2) is 0 Å². The maximum Gasteiger partial charge on any atom is 0.336 e. The number of anilines is 2. The predicted molar refractivity (Wildman–Crippen MR) is 160 cm³/mol. The fraction of sp³-hybridized carbons (Fsp3) is 0. The number of amides is 3. The monoisotopic (exact) mass is 610 g/mol. The smallest absolute Gasteiger partial charge is 0.336 e. The van der Waals surface area contributed by atoms with Gasteiger partial charge in [0.05, 0.1) is 17.5 Å². The van der Waals surface area contributed by atoms with Gasteiger partial charge in [-0.15, -0.1) is 0 Å². The second-order valence-electron chi connectivity index (χ2n) is 8.39. The molecule has 0 aliphatic heterocycles. The molecular formula is C31H23BrN4O5. The van der Waals surface area contributed by atoms with Crippen molar-refractivity contribution in [3.8, 4) is 5.75 Å². The fourth-order valence-electron chi connectivity index (χ4n) is 3.42. The quantitative estimate of drug-likeness (QED) is 0.0614. The molecule has 0 unspecified atom stereocenters. The number of hydrogen-bond donors (Lipinski definition) is 3. The summed E-state index contributed by atoms with van der Waals surface area (Å²) in [7, 11) is 0. The third-order valence-corrected chi connectivity index (χ3v) is 5.95. The molecule has 0 heterocycles. The lowest BCUT2D eigenvalue weighted by Gasteiger charge is -2.11. The van der Waals surface area contributed by atoms with Crippen LogP contribution in [0.15, 0.2) is 119 Å². The number of esters is 1. The normalized spacial score (nSPS) is 10.8. The summed E-state index contributed by atoms with van der Waals surface area (Å²) in [4.78, 5) is 49.5. The first-order valence-corrected chi connectivity index (χ1v) is 13.0. The van der Waals surface area contributed by atoms with Crippen molar-refractivity contribution in [1.82, 2.24) is 5.43 Å². The van der Waals surface area contributed by atoms with Crippen LogP contribution in [0.2, 0.25) is 0 Å². The minimum absolute atomic E-state index is 0.162. The lowest BCUT2D eigenvalue weighted by atomic mass is 10.1. The van der Waals surface area contributed by atoms with Gasteiger partial charge in [-0.3, -0.25) is 14.4 Å². The molecule has 0 aliphatic carbocycles. The number of hydrogen-bond acceptors (Lipinski definition) is 6. The van der Waals surface area contributed by atoms with Crippen LogP contribution < -0.4 is 20.8 Å². The molecule has 0 aliphatic rings. The van der Waals surface area contributed by atoms with Crippen molar-refractivity contribution in [2.45, 2.75) is 0 Å². The molecule has 3 N–H and O–H groups in total. The predicted octanol–water partition coefficient (Wildman–Crippen LogP) is 5.41. The van der Waals surface area contributed by atoms with Crippen LogP contribution in [-0.4, -0.2) is 29.9 Å². The van der Waals surface area contributed by atoms with E-state index in [4.69, 9.17) is 4.74 Å². The van der Waals surface area contributed by atoms with Crippen molar-refractivity contribution in [3.05, 3.63) is 130 Å². The lowest BCUT2D eigenvalue weighted by molar-refractivity contribution is -0.136. The third kappa shape index (κ3) is 8.84. The Morgan fingerprint density at radius 3 is 2.12 bits per heavy atom. The summed E-state index contributed by atoms with van der Waals surface area (Å²) in [5, 5.41) is 8.97. The molecule has 41 heavy (non-hydrogen) atoms. The molecule has 4 rings (SSSR count). The molecule has 3 amide bonds. The molecule has 10 heteroatoms. The first-order chi connectivity index (χ1) is 19.9. The third-order valence-electron chi connectivity index (χ3n) is 5.42. The number of ether oxygens (including phenoxy) is 1. The van der Waals surface area contributed by atoms with Gasteiger partial charge in [-0.05, 0) is 77.9 Å².